The lowest BCUT2D eigenvalue weighted by Gasteiger charge is -2.33. The Hall–Kier alpha value is -3.50. The summed E-state index contributed by atoms with van der Waals surface area (Å²) >= 11 is 0. The molecule has 0 bridgehead atoms. The van der Waals surface area contributed by atoms with Crippen LogP contribution in [0, 0.1) is 12.3 Å². The quantitative estimate of drug-likeness (QED) is 0.640. The first kappa shape index (κ1) is 22.2. The first-order chi connectivity index (χ1) is 15.1. The Bertz CT molecular complexity index is 954. The molecule has 1 fully saturated rings. The van der Waals surface area contributed by atoms with Crippen molar-refractivity contribution in [2.45, 2.75) is 25.3 Å². The zero-order valence-electron chi connectivity index (χ0n) is 17.6. The van der Waals surface area contributed by atoms with Crippen molar-refractivity contribution in [2.24, 2.45) is 0 Å². The fraction of sp³-hybridized carbons (Fsp3) is 0.333. The van der Waals surface area contributed by atoms with Crippen LogP contribution in [0.1, 0.15) is 19.3 Å². The van der Waals surface area contributed by atoms with E-state index < -0.39 is 0 Å². The molecule has 2 aromatic carbocycles. The number of methoxy groups -OCH3 is 1. The normalized spacial score (nSPS) is 16.1. The number of piperidine rings is 1. The molecule has 7 heteroatoms. The van der Waals surface area contributed by atoms with Crippen molar-refractivity contribution in [3.05, 3.63) is 48.5 Å². The van der Waals surface area contributed by atoms with Crippen molar-refractivity contribution in [3.63, 3.8) is 0 Å². The third kappa shape index (κ3) is 6.24. The second-order valence-electron chi connectivity index (χ2n) is 7.24. The number of carbonyl (C=O) groups is 2. The number of nitrogens with zero attached hydrogens (tertiary/aromatic N) is 1. The number of likely N-dealkylation sites (tertiary alicyclic amines) is 1. The lowest BCUT2D eigenvalue weighted by molar-refractivity contribution is -0.122. The van der Waals surface area contributed by atoms with Gasteiger partial charge in [0.2, 0.25) is 5.91 Å². The van der Waals surface area contributed by atoms with Crippen LogP contribution in [-0.4, -0.2) is 49.6 Å². The van der Waals surface area contributed by atoms with Gasteiger partial charge in [0.05, 0.1) is 19.7 Å². The van der Waals surface area contributed by atoms with Crippen molar-refractivity contribution < 1.29 is 19.1 Å². The number of hydrogen-bond donors (Lipinski definition) is 2. The smallest absolute Gasteiger partial charge is 0.262 e. The standard InChI is InChI=1S/C24H27N3O4/c1-3-14-27-15-7-6-11-20(27)24(29)26-19-10-8-9-18(16-19)25-23(28)17-31-22-13-5-4-12-21(22)30-2/h1,4-5,8-10,12-13,16,20H,6-7,11,14-15,17H2,2H3,(H,25,28)(H,26,29). The van der Waals surface area contributed by atoms with Crippen molar-refractivity contribution >= 4 is 23.2 Å². The number of hydrogen-bond acceptors (Lipinski definition) is 5. The molecule has 0 saturated carbocycles. The van der Waals surface area contributed by atoms with Gasteiger partial charge in [0.15, 0.2) is 18.1 Å². The first-order valence-corrected chi connectivity index (χ1v) is 10.2. The second kappa shape index (κ2) is 11.0. The van der Waals surface area contributed by atoms with Gasteiger partial charge in [0, 0.05) is 11.4 Å². The van der Waals surface area contributed by atoms with Crippen molar-refractivity contribution in [3.8, 4) is 23.8 Å². The minimum absolute atomic E-state index is 0.0852. The molecule has 1 heterocycles. The van der Waals surface area contributed by atoms with Gasteiger partial charge in [-0.3, -0.25) is 14.5 Å². The fourth-order valence-electron chi connectivity index (χ4n) is 3.57. The minimum atomic E-state index is -0.318. The lowest BCUT2D eigenvalue weighted by atomic mass is 10.0. The predicted octanol–water partition coefficient (Wildman–Crippen LogP) is 3.14. The molecule has 1 aliphatic heterocycles. The van der Waals surface area contributed by atoms with E-state index in [2.05, 4.69) is 16.6 Å². The van der Waals surface area contributed by atoms with Gasteiger partial charge in [-0.05, 0) is 49.7 Å². The van der Waals surface area contributed by atoms with E-state index in [0.29, 0.717) is 29.4 Å². The van der Waals surface area contributed by atoms with Gasteiger partial charge >= 0.3 is 0 Å². The summed E-state index contributed by atoms with van der Waals surface area (Å²) < 4.78 is 10.8. The fourth-order valence-corrected chi connectivity index (χ4v) is 3.57. The van der Waals surface area contributed by atoms with Gasteiger partial charge in [-0.1, -0.05) is 30.5 Å². The van der Waals surface area contributed by atoms with Crippen molar-refractivity contribution in [1.29, 1.82) is 0 Å². The van der Waals surface area contributed by atoms with Crippen LogP contribution in [-0.2, 0) is 9.59 Å². The highest BCUT2D eigenvalue weighted by Gasteiger charge is 2.28. The van der Waals surface area contributed by atoms with E-state index in [1.54, 1.807) is 49.6 Å². The maximum Gasteiger partial charge on any atom is 0.262 e. The van der Waals surface area contributed by atoms with Crippen LogP contribution < -0.4 is 20.1 Å². The van der Waals surface area contributed by atoms with Gasteiger partial charge in [0.25, 0.3) is 5.91 Å². The molecule has 0 aliphatic carbocycles. The van der Waals surface area contributed by atoms with Crippen LogP contribution >= 0.6 is 0 Å². The molecule has 2 aromatic rings. The third-order valence-corrected chi connectivity index (χ3v) is 5.05. The van der Waals surface area contributed by atoms with E-state index in [0.717, 1.165) is 25.8 Å². The highest BCUT2D eigenvalue weighted by atomic mass is 16.5. The molecule has 1 atom stereocenters. The molecule has 0 aromatic heterocycles. The van der Waals surface area contributed by atoms with Crippen molar-refractivity contribution in [1.82, 2.24) is 4.90 Å². The monoisotopic (exact) mass is 421 g/mol. The van der Waals surface area contributed by atoms with Gasteiger partial charge in [-0.25, -0.2) is 0 Å². The summed E-state index contributed by atoms with van der Waals surface area (Å²) in [5.41, 5.74) is 1.18. The molecular formula is C24H27N3O4. The SMILES string of the molecule is C#CCN1CCCCC1C(=O)Nc1cccc(NC(=O)COc2ccccc2OC)c1. The van der Waals surface area contributed by atoms with Crippen LogP contribution in [0.5, 0.6) is 11.5 Å². The van der Waals surface area contributed by atoms with Gasteiger partial charge < -0.3 is 20.1 Å². The van der Waals surface area contributed by atoms with Crippen LogP contribution in [0.25, 0.3) is 0 Å². The summed E-state index contributed by atoms with van der Waals surface area (Å²) in [7, 11) is 1.54. The summed E-state index contributed by atoms with van der Waals surface area (Å²) in [6.45, 7) is 1.12. The average molecular weight is 421 g/mol. The van der Waals surface area contributed by atoms with E-state index >= 15 is 0 Å². The molecule has 7 nitrogen and oxygen atoms in total. The zero-order chi connectivity index (χ0) is 22.1. The number of amides is 2. The second-order valence-corrected chi connectivity index (χ2v) is 7.24. The maximum atomic E-state index is 12.8. The molecule has 1 aliphatic rings. The number of anilines is 2. The van der Waals surface area contributed by atoms with Crippen LogP contribution in [0.15, 0.2) is 48.5 Å². The van der Waals surface area contributed by atoms with E-state index in [4.69, 9.17) is 15.9 Å². The van der Waals surface area contributed by atoms with Crippen molar-refractivity contribution in [2.75, 3.05) is 37.4 Å². The number of terminal acetylenes is 1. The van der Waals surface area contributed by atoms with E-state index in [1.165, 1.54) is 0 Å². The number of benzene rings is 2. The molecule has 0 radical (unpaired) electrons. The Morgan fingerprint density at radius 3 is 2.58 bits per heavy atom. The maximum absolute atomic E-state index is 12.8. The highest BCUT2D eigenvalue weighted by molar-refractivity contribution is 5.96. The molecule has 31 heavy (non-hydrogen) atoms. The van der Waals surface area contributed by atoms with E-state index in [-0.39, 0.29) is 24.5 Å². The summed E-state index contributed by atoms with van der Waals surface area (Å²) in [4.78, 5) is 27.1. The largest absolute Gasteiger partial charge is 0.493 e. The topological polar surface area (TPSA) is 79.9 Å². The van der Waals surface area contributed by atoms with E-state index in [9.17, 15) is 9.59 Å². The molecule has 3 rings (SSSR count). The lowest BCUT2D eigenvalue weighted by Crippen LogP contribution is -2.47. The van der Waals surface area contributed by atoms with Gasteiger partial charge in [-0.2, -0.15) is 0 Å². The van der Waals surface area contributed by atoms with Crippen LogP contribution in [0.4, 0.5) is 11.4 Å². The number of rotatable bonds is 8. The molecular weight excluding hydrogens is 394 g/mol. The summed E-state index contributed by atoms with van der Waals surface area (Å²) in [5.74, 6) is 3.27. The number of carbonyl (C=O) groups excluding carboxylic acids is 2. The Kier molecular flexibility index (Phi) is 7.91. The van der Waals surface area contributed by atoms with Crippen LogP contribution in [0.2, 0.25) is 0 Å². The molecule has 2 amide bonds. The van der Waals surface area contributed by atoms with Gasteiger partial charge in [0.1, 0.15) is 0 Å². The third-order valence-electron chi connectivity index (χ3n) is 5.05. The number of nitrogens with one attached hydrogen (secondary N) is 2. The summed E-state index contributed by atoms with van der Waals surface area (Å²) in [5, 5.41) is 5.72. The van der Waals surface area contributed by atoms with E-state index in [1.807, 2.05) is 11.0 Å². The molecule has 0 spiro atoms. The first-order valence-electron chi connectivity index (χ1n) is 10.2. The molecule has 2 N–H and O–H groups in total. The molecule has 1 unspecified atom stereocenters. The molecule has 162 valence electrons. The van der Waals surface area contributed by atoms with Crippen LogP contribution in [0.3, 0.4) is 0 Å². The zero-order valence-corrected chi connectivity index (χ0v) is 17.6. The Balaban J connectivity index is 1.56. The Morgan fingerprint density at radius 2 is 1.84 bits per heavy atom. The number of para-hydroxylation sites is 2. The predicted molar refractivity (Wildman–Crippen MR) is 120 cm³/mol. The average Bonchev–Trinajstić information content (AvgIpc) is 2.78. The minimum Gasteiger partial charge on any atom is -0.493 e. The number of ether oxygens (including phenoxy) is 2. The van der Waals surface area contributed by atoms with Gasteiger partial charge in [-0.15, -0.1) is 6.42 Å². The Labute approximate surface area is 182 Å². The highest BCUT2D eigenvalue weighted by Crippen LogP contribution is 2.26. The Morgan fingerprint density at radius 1 is 1.10 bits per heavy atom. The molecule has 1 saturated heterocycles. The summed E-state index contributed by atoms with van der Waals surface area (Å²) in [6.07, 6.45) is 8.27. The summed E-state index contributed by atoms with van der Waals surface area (Å²) in [6, 6.07) is 13.9.